The third kappa shape index (κ3) is 5.97. The van der Waals surface area contributed by atoms with Crippen molar-refractivity contribution in [2.45, 2.75) is 27.2 Å². The van der Waals surface area contributed by atoms with Crippen LogP contribution in [0.15, 0.2) is 66.7 Å². The molecule has 0 aromatic heterocycles. The summed E-state index contributed by atoms with van der Waals surface area (Å²) in [5, 5.41) is 21.2. The molecule has 0 aliphatic rings. The number of aromatic hydroxyl groups is 2. The van der Waals surface area contributed by atoms with Crippen LogP contribution in [-0.4, -0.2) is 37.6 Å². The quantitative estimate of drug-likeness (QED) is 0.218. The first-order valence-corrected chi connectivity index (χ1v) is 12.5. The van der Waals surface area contributed by atoms with E-state index in [-0.39, 0.29) is 11.5 Å². The van der Waals surface area contributed by atoms with Gasteiger partial charge in [0, 0.05) is 28.7 Å². The van der Waals surface area contributed by atoms with Gasteiger partial charge in [0.25, 0.3) is 0 Å². The molecule has 4 rings (SSSR count). The molecule has 6 nitrogen and oxygen atoms in total. The minimum Gasteiger partial charge on any atom is -0.507 e. The molecule has 0 amide bonds. The predicted molar refractivity (Wildman–Crippen MR) is 150 cm³/mol. The molecule has 0 fully saturated rings. The highest BCUT2D eigenvalue weighted by molar-refractivity contribution is 5.79. The maximum absolute atomic E-state index is 10.8. The molecule has 0 saturated carbocycles. The monoisotopic (exact) mass is 514 g/mol. The fourth-order valence-electron chi connectivity index (χ4n) is 4.40. The number of ether oxygens (including phenoxy) is 4. The van der Waals surface area contributed by atoms with Gasteiger partial charge in [0.15, 0.2) is 0 Å². The summed E-state index contributed by atoms with van der Waals surface area (Å²) in [4.78, 5) is 0. The Kier molecular flexibility index (Phi) is 8.31. The van der Waals surface area contributed by atoms with Crippen LogP contribution in [0.1, 0.15) is 23.1 Å². The molecule has 0 heterocycles. The smallest absolute Gasteiger partial charge is 0.127 e. The van der Waals surface area contributed by atoms with Crippen molar-refractivity contribution in [3.63, 3.8) is 0 Å². The van der Waals surface area contributed by atoms with Crippen molar-refractivity contribution < 1.29 is 29.2 Å². The van der Waals surface area contributed by atoms with Gasteiger partial charge in [0.1, 0.15) is 34.5 Å². The summed E-state index contributed by atoms with van der Waals surface area (Å²) in [6.45, 7) is 6.68. The van der Waals surface area contributed by atoms with Crippen molar-refractivity contribution in [2.75, 3.05) is 27.4 Å². The van der Waals surface area contributed by atoms with E-state index in [4.69, 9.17) is 18.9 Å². The lowest BCUT2D eigenvalue weighted by molar-refractivity contribution is 0.248. The van der Waals surface area contributed by atoms with E-state index in [1.54, 1.807) is 20.3 Å². The molecule has 0 spiro atoms. The van der Waals surface area contributed by atoms with Gasteiger partial charge in [-0.3, -0.25) is 0 Å². The molecule has 0 saturated heterocycles. The molecule has 0 radical (unpaired) electrons. The van der Waals surface area contributed by atoms with Crippen LogP contribution in [0, 0.1) is 20.8 Å². The second kappa shape index (κ2) is 11.8. The fraction of sp³-hybridized carbons (Fsp3) is 0.250. The van der Waals surface area contributed by atoms with E-state index in [1.807, 2.05) is 81.4 Å². The molecule has 198 valence electrons. The molecule has 4 aromatic rings. The van der Waals surface area contributed by atoms with Crippen molar-refractivity contribution in [1.29, 1.82) is 0 Å². The van der Waals surface area contributed by atoms with Gasteiger partial charge in [-0.1, -0.05) is 17.7 Å². The molecular weight excluding hydrogens is 480 g/mol. The molecule has 0 atom stereocenters. The minimum absolute atomic E-state index is 0.179. The van der Waals surface area contributed by atoms with E-state index in [0.29, 0.717) is 53.8 Å². The Morgan fingerprint density at radius 2 is 1.13 bits per heavy atom. The van der Waals surface area contributed by atoms with E-state index < -0.39 is 0 Å². The summed E-state index contributed by atoms with van der Waals surface area (Å²) < 4.78 is 23.1. The van der Waals surface area contributed by atoms with Crippen LogP contribution < -0.4 is 18.9 Å². The molecule has 4 aromatic carbocycles. The zero-order valence-corrected chi connectivity index (χ0v) is 22.5. The van der Waals surface area contributed by atoms with Crippen LogP contribution >= 0.6 is 0 Å². The second-order valence-electron chi connectivity index (χ2n) is 9.27. The number of benzene rings is 4. The Labute approximate surface area is 224 Å². The maximum Gasteiger partial charge on any atom is 0.127 e. The van der Waals surface area contributed by atoms with Crippen LogP contribution in [0.3, 0.4) is 0 Å². The lowest BCUT2D eigenvalue weighted by Gasteiger charge is -2.17. The van der Waals surface area contributed by atoms with Crippen molar-refractivity contribution in [2.24, 2.45) is 0 Å². The number of phenols is 2. The van der Waals surface area contributed by atoms with Gasteiger partial charge < -0.3 is 29.2 Å². The Hall–Kier alpha value is -4.32. The van der Waals surface area contributed by atoms with Gasteiger partial charge in [-0.2, -0.15) is 0 Å². The highest BCUT2D eigenvalue weighted by Gasteiger charge is 2.16. The van der Waals surface area contributed by atoms with E-state index >= 15 is 0 Å². The van der Waals surface area contributed by atoms with Crippen molar-refractivity contribution in [3.05, 3.63) is 83.4 Å². The zero-order chi connectivity index (χ0) is 27.2. The van der Waals surface area contributed by atoms with Gasteiger partial charge in [-0.25, -0.2) is 0 Å². The van der Waals surface area contributed by atoms with Crippen molar-refractivity contribution in [3.8, 4) is 56.8 Å². The summed E-state index contributed by atoms with van der Waals surface area (Å²) in [7, 11) is 3.22. The van der Waals surface area contributed by atoms with Crippen LogP contribution in [0.5, 0.6) is 34.5 Å². The lowest BCUT2D eigenvalue weighted by Crippen LogP contribution is -2.06. The summed E-state index contributed by atoms with van der Waals surface area (Å²) in [6.07, 6.45) is 0.621. The third-order valence-corrected chi connectivity index (χ3v) is 6.35. The highest BCUT2D eigenvalue weighted by Crippen LogP contribution is 2.41. The summed E-state index contributed by atoms with van der Waals surface area (Å²) in [5.74, 6) is 3.07. The molecule has 0 aliphatic carbocycles. The van der Waals surface area contributed by atoms with Crippen LogP contribution in [0.2, 0.25) is 0 Å². The summed E-state index contributed by atoms with van der Waals surface area (Å²) in [6, 6.07) is 20.5. The van der Waals surface area contributed by atoms with E-state index in [9.17, 15) is 10.2 Å². The molecular formula is C32H34O6. The normalized spacial score (nSPS) is 10.8. The SMILES string of the molecule is COc1ccc(OCCCOc2ccc(OC)cc2-c2cc(C)cc(C)c2O)c(-c2cc(C)ccc2O)c1. The van der Waals surface area contributed by atoms with E-state index in [1.165, 1.54) is 0 Å². The van der Waals surface area contributed by atoms with Gasteiger partial charge >= 0.3 is 0 Å². The standard InChI is InChI=1S/C32H34O6/c1-20-7-10-29(33)25(16-20)26-18-23(35-4)8-11-30(26)37-13-6-14-38-31-12-9-24(36-5)19-27(31)28-17-21(2)15-22(3)32(28)34/h7-12,15-19,33-34H,6,13-14H2,1-5H3. The number of rotatable bonds is 10. The molecule has 0 bridgehead atoms. The van der Waals surface area contributed by atoms with Crippen LogP contribution in [0.4, 0.5) is 0 Å². The molecule has 2 N–H and O–H groups in total. The molecule has 38 heavy (non-hydrogen) atoms. The molecule has 0 unspecified atom stereocenters. The number of methoxy groups -OCH3 is 2. The number of phenolic OH excluding ortho intramolecular Hbond substituents is 2. The van der Waals surface area contributed by atoms with Gasteiger partial charge in [0.2, 0.25) is 0 Å². The summed E-state index contributed by atoms with van der Waals surface area (Å²) >= 11 is 0. The Bertz CT molecular complexity index is 1430. The lowest BCUT2D eigenvalue weighted by atomic mass is 9.98. The molecule has 0 aliphatic heterocycles. The maximum atomic E-state index is 10.8. The van der Waals surface area contributed by atoms with Crippen molar-refractivity contribution >= 4 is 0 Å². The van der Waals surface area contributed by atoms with Crippen LogP contribution in [-0.2, 0) is 0 Å². The number of aryl methyl sites for hydroxylation is 3. The third-order valence-electron chi connectivity index (χ3n) is 6.35. The van der Waals surface area contributed by atoms with E-state index in [0.717, 1.165) is 27.8 Å². The highest BCUT2D eigenvalue weighted by atomic mass is 16.5. The van der Waals surface area contributed by atoms with Crippen molar-refractivity contribution in [1.82, 2.24) is 0 Å². The first kappa shape index (κ1) is 26.7. The first-order valence-electron chi connectivity index (χ1n) is 12.5. The minimum atomic E-state index is 0.179. The predicted octanol–water partition coefficient (Wildman–Crippen LogP) is 7.22. The Morgan fingerprint density at radius 1 is 0.579 bits per heavy atom. The number of hydrogen-bond acceptors (Lipinski definition) is 6. The topological polar surface area (TPSA) is 77.4 Å². The van der Waals surface area contributed by atoms with Crippen LogP contribution in [0.25, 0.3) is 22.3 Å². The average molecular weight is 515 g/mol. The second-order valence-corrected chi connectivity index (χ2v) is 9.27. The Balaban J connectivity index is 1.48. The Morgan fingerprint density at radius 3 is 1.71 bits per heavy atom. The van der Waals surface area contributed by atoms with Gasteiger partial charge in [-0.15, -0.1) is 0 Å². The van der Waals surface area contributed by atoms with Gasteiger partial charge in [-0.05, 0) is 86.5 Å². The van der Waals surface area contributed by atoms with E-state index in [2.05, 4.69) is 0 Å². The summed E-state index contributed by atoms with van der Waals surface area (Å²) in [5.41, 5.74) is 5.80. The largest absolute Gasteiger partial charge is 0.507 e. The fourth-order valence-corrected chi connectivity index (χ4v) is 4.40. The average Bonchev–Trinajstić information content (AvgIpc) is 2.92. The molecule has 6 heteroatoms. The van der Waals surface area contributed by atoms with Gasteiger partial charge in [0.05, 0.1) is 27.4 Å². The number of hydrogen-bond donors (Lipinski definition) is 2. The first-order chi connectivity index (χ1) is 18.3. The zero-order valence-electron chi connectivity index (χ0n) is 22.5.